The summed E-state index contributed by atoms with van der Waals surface area (Å²) in [4.78, 5) is 0. The Morgan fingerprint density at radius 3 is 3.00 bits per heavy atom. The van der Waals surface area contributed by atoms with Crippen LogP contribution in [0.15, 0.2) is 47.6 Å². The number of rotatable bonds is 1. The molecule has 0 bridgehead atoms. The van der Waals surface area contributed by atoms with Gasteiger partial charge in [0.2, 0.25) is 0 Å². The van der Waals surface area contributed by atoms with Crippen LogP contribution >= 0.6 is 0 Å². The highest BCUT2D eigenvalue weighted by Gasteiger charge is 2.27. The smallest absolute Gasteiger partial charge is 0.0141 e. The first-order valence-electron chi connectivity index (χ1n) is 5.02. The molecule has 0 aliphatic heterocycles. The highest BCUT2D eigenvalue weighted by atomic mass is 14.3. The molecule has 0 N–H and O–H groups in total. The van der Waals surface area contributed by atoms with E-state index in [2.05, 4.69) is 50.3 Å². The first kappa shape index (κ1) is 8.55. The van der Waals surface area contributed by atoms with E-state index in [1.54, 1.807) is 0 Å². The van der Waals surface area contributed by atoms with Crippen molar-refractivity contribution in [2.75, 3.05) is 0 Å². The molecule has 0 radical (unpaired) electrons. The van der Waals surface area contributed by atoms with E-state index in [4.69, 9.17) is 0 Å². The van der Waals surface area contributed by atoms with Crippen LogP contribution in [0.25, 0.3) is 0 Å². The maximum Gasteiger partial charge on any atom is 0.0141 e. The minimum absolute atomic E-state index is 0.271. The Hall–Kier alpha value is -1.04. The maximum atomic E-state index is 2.37. The van der Waals surface area contributed by atoms with Gasteiger partial charge < -0.3 is 0 Å². The van der Waals surface area contributed by atoms with Gasteiger partial charge in [-0.25, -0.2) is 0 Å². The van der Waals surface area contributed by atoms with Crippen molar-refractivity contribution in [3.05, 3.63) is 47.6 Å². The topological polar surface area (TPSA) is 0 Å². The molecule has 0 heteroatoms. The number of fused-ring (bicyclic) bond motifs is 1. The molecule has 0 aromatic heterocycles. The molecule has 2 rings (SSSR count). The maximum absolute atomic E-state index is 2.37. The zero-order chi connectivity index (χ0) is 9.31. The minimum atomic E-state index is 0.271. The van der Waals surface area contributed by atoms with Gasteiger partial charge in [0.05, 0.1) is 0 Å². The summed E-state index contributed by atoms with van der Waals surface area (Å²) in [5.74, 6) is 0. The SMILES string of the molecule is CCC1=CCC2(C)C=CC=CC2=C1. The quantitative estimate of drug-likeness (QED) is 0.564. The Balaban J connectivity index is 2.36. The molecule has 68 valence electrons. The molecule has 1 atom stereocenters. The monoisotopic (exact) mass is 172 g/mol. The Labute approximate surface area is 80.3 Å². The Kier molecular flexibility index (Phi) is 1.99. The molecular formula is C13H16. The minimum Gasteiger partial charge on any atom is -0.0801 e. The summed E-state index contributed by atoms with van der Waals surface area (Å²) >= 11 is 0. The second kappa shape index (κ2) is 3.02. The van der Waals surface area contributed by atoms with Gasteiger partial charge in [-0.1, -0.05) is 55.9 Å². The molecule has 2 aliphatic carbocycles. The number of hydrogen-bond donors (Lipinski definition) is 0. The van der Waals surface area contributed by atoms with Crippen LogP contribution in [-0.4, -0.2) is 0 Å². The normalized spacial score (nSPS) is 30.9. The zero-order valence-electron chi connectivity index (χ0n) is 8.38. The standard InChI is InChI=1S/C13H16/c1-3-11-7-9-13(2)8-5-4-6-12(13)10-11/h4-8,10H,3,9H2,1-2H3. The van der Waals surface area contributed by atoms with Crippen LogP contribution in [-0.2, 0) is 0 Å². The third-order valence-corrected chi connectivity index (χ3v) is 3.05. The summed E-state index contributed by atoms with van der Waals surface area (Å²) in [7, 11) is 0. The van der Waals surface area contributed by atoms with Gasteiger partial charge in [-0.05, 0) is 18.4 Å². The fourth-order valence-corrected chi connectivity index (χ4v) is 1.96. The highest BCUT2D eigenvalue weighted by molar-refractivity contribution is 5.45. The Bertz CT molecular complexity index is 326. The molecule has 13 heavy (non-hydrogen) atoms. The van der Waals surface area contributed by atoms with E-state index in [9.17, 15) is 0 Å². The van der Waals surface area contributed by atoms with E-state index in [-0.39, 0.29) is 5.41 Å². The molecule has 2 aliphatic rings. The van der Waals surface area contributed by atoms with Crippen molar-refractivity contribution >= 4 is 0 Å². The molecule has 0 fully saturated rings. The molecule has 1 unspecified atom stereocenters. The lowest BCUT2D eigenvalue weighted by Gasteiger charge is -2.32. The lowest BCUT2D eigenvalue weighted by Crippen LogP contribution is -2.19. The zero-order valence-corrected chi connectivity index (χ0v) is 8.38. The van der Waals surface area contributed by atoms with Gasteiger partial charge >= 0.3 is 0 Å². The van der Waals surface area contributed by atoms with Crippen molar-refractivity contribution < 1.29 is 0 Å². The Morgan fingerprint density at radius 1 is 1.38 bits per heavy atom. The third-order valence-electron chi connectivity index (χ3n) is 3.05. The van der Waals surface area contributed by atoms with Gasteiger partial charge in [0.1, 0.15) is 0 Å². The van der Waals surface area contributed by atoms with Gasteiger partial charge in [0.25, 0.3) is 0 Å². The lowest BCUT2D eigenvalue weighted by molar-refractivity contribution is 0.522. The van der Waals surface area contributed by atoms with E-state index < -0.39 is 0 Å². The summed E-state index contributed by atoms with van der Waals surface area (Å²) in [6, 6.07) is 0. The van der Waals surface area contributed by atoms with E-state index in [1.807, 2.05) is 0 Å². The van der Waals surface area contributed by atoms with Crippen LogP contribution in [0.1, 0.15) is 26.7 Å². The number of allylic oxidation sites excluding steroid dienone is 8. The lowest BCUT2D eigenvalue weighted by atomic mass is 9.72. The molecule has 0 nitrogen and oxygen atoms in total. The molecule has 0 spiro atoms. The summed E-state index contributed by atoms with van der Waals surface area (Å²) < 4.78 is 0. The van der Waals surface area contributed by atoms with Crippen molar-refractivity contribution in [3.8, 4) is 0 Å². The van der Waals surface area contributed by atoms with E-state index in [1.165, 1.54) is 11.1 Å². The second-order valence-corrected chi connectivity index (χ2v) is 4.07. The van der Waals surface area contributed by atoms with Crippen molar-refractivity contribution in [1.82, 2.24) is 0 Å². The van der Waals surface area contributed by atoms with Crippen LogP contribution in [0.4, 0.5) is 0 Å². The van der Waals surface area contributed by atoms with Crippen molar-refractivity contribution in [3.63, 3.8) is 0 Å². The van der Waals surface area contributed by atoms with Crippen LogP contribution in [0.5, 0.6) is 0 Å². The average Bonchev–Trinajstić information content (AvgIpc) is 2.16. The van der Waals surface area contributed by atoms with E-state index in [0.29, 0.717) is 0 Å². The first-order chi connectivity index (χ1) is 6.24. The first-order valence-corrected chi connectivity index (χ1v) is 5.02. The molecule has 0 aromatic rings. The van der Waals surface area contributed by atoms with Crippen LogP contribution in [0.2, 0.25) is 0 Å². The largest absolute Gasteiger partial charge is 0.0801 e. The number of hydrogen-bond acceptors (Lipinski definition) is 0. The summed E-state index contributed by atoms with van der Waals surface area (Å²) in [5, 5.41) is 0. The molecule has 0 aromatic carbocycles. The summed E-state index contributed by atoms with van der Waals surface area (Å²) in [6.45, 7) is 4.52. The fraction of sp³-hybridized carbons (Fsp3) is 0.385. The van der Waals surface area contributed by atoms with Crippen molar-refractivity contribution in [2.45, 2.75) is 26.7 Å². The van der Waals surface area contributed by atoms with Gasteiger partial charge in [-0.15, -0.1) is 0 Å². The highest BCUT2D eigenvalue weighted by Crippen LogP contribution is 2.40. The van der Waals surface area contributed by atoms with Gasteiger partial charge in [0.15, 0.2) is 0 Å². The molecule has 0 saturated heterocycles. The average molecular weight is 172 g/mol. The summed E-state index contributed by atoms with van der Waals surface area (Å²) in [6.07, 6.45) is 15.8. The summed E-state index contributed by atoms with van der Waals surface area (Å²) in [5.41, 5.74) is 3.22. The molecular weight excluding hydrogens is 156 g/mol. The van der Waals surface area contributed by atoms with Crippen LogP contribution in [0.3, 0.4) is 0 Å². The molecule has 0 saturated carbocycles. The predicted octanol–water partition coefficient (Wildman–Crippen LogP) is 3.79. The third kappa shape index (κ3) is 1.41. The van der Waals surface area contributed by atoms with Crippen LogP contribution < -0.4 is 0 Å². The second-order valence-electron chi connectivity index (χ2n) is 4.07. The molecule has 0 heterocycles. The predicted molar refractivity (Wildman–Crippen MR) is 57.5 cm³/mol. The fourth-order valence-electron chi connectivity index (χ4n) is 1.96. The van der Waals surface area contributed by atoms with Gasteiger partial charge in [-0.3, -0.25) is 0 Å². The van der Waals surface area contributed by atoms with Crippen molar-refractivity contribution in [2.24, 2.45) is 5.41 Å². The van der Waals surface area contributed by atoms with E-state index >= 15 is 0 Å². The Morgan fingerprint density at radius 2 is 2.23 bits per heavy atom. The van der Waals surface area contributed by atoms with E-state index in [0.717, 1.165) is 12.8 Å². The van der Waals surface area contributed by atoms with Gasteiger partial charge in [0, 0.05) is 5.41 Å². The molecule has 0 amide bonds. The van der Waals surface area contributed by atoms with Gasteiger partial charge in [-0.2, -0.15) is 0 Å². The van der Waals surface area contributed by atoms with Crippen LogP contribution in [0, 0.1) is 5.41 Å². The van der Waals surface area contributed by atoms with Crippen molar-refractivity contribution in [1.29, 1.82) is 0 Å².